The van der Waals surface area contributed by atoms with Crippen LogP contribution in [-0.2, 0) is 9.53 Å². The summed E-state index contributed by atoms with van der Waals surface area (Å²) < 4.78 is 4.95. The summed E-state index contributed by atoms with van der Waals surface area (Å²) >= 11 is 1.64. The van der Waals surface area contributed by atoms with Gasteiger partial charge in [0.05, 0.1) is 12.2 Å². The van der Waals surface area contributed by atoms with E-state index in [2.05, 4.69) is 5.32 Å². The van der Waals surface area contributed by atoms with E-state index in [-0.39, 0.29) is 11.9 Å². The molecule has 0 atom stereocenters. The van der Waals surface area contributed by atoms with Gasteiger partial charge in [0.2, 0.25) is 5.91 Å². The SMILES string of the molecule is CCOC(=O)c1cccc(NC(=O)CCSc2ccccc2)c1. The molecule has 0 heterocycles. The maximum absolute atomic E-state index is 12.0. The summed E-state index contributed by atoms with van der Waals surface area (Å²) in [5, 5.41) is 2.81. The van der Waals surface area contributed by atoms with Crippen molar-refractivity contribution in [2.45, 2.75) is 18.2 Å². The quantitative estimate of drug-likeness (QED) is 0.616. The fourth-order valence-corrected chi connectivity index (χ4v) is 2.81. The molecule has 5 heteroatoms. The van der Waals surface area contributed by atoms with Crippen LogP contribution in [0.3, 0.4) is 0 Å². The zero-order valence-electron chi connectivity index (χ0n) is 13.0. The highest BCUT2D eigenvalue weighted by atomic mass is 32.2. The van der Waals surface area contributed by atoms with Crippen LogP contribution in [0.2, 0.25) is 0 Å². The third-order valence-corrected chi connectivity index (χ3v) is 4.01. The number of thioether (sulfide) groups is 1. The smallest absolute Gasteiger partial charge is 0.338 e. The maximum atomic E-state index is 12.0. The lowest BCUT2D eigenvalue weighted by Crippen LogP contribution is -2.13. The Balaban J connectivity index is 1.83. The second kappa shape index (κ2) is 9.00. The van der Waals surface area contributed by atoms with Gasteiger partial charge in [0.1, 0.15) is 0 Å². The van der Waals surface area contributed by atoms with Crippen molar-refractivity contribution in [1.82, 2.24) is 0 Å². The highest BCUT2D eigenvalue weighted by Gasteiger charge is 2.08. The highest BCUT2D eigenvalue weighted by molar-refractivity contribution is 7.99. The van der Waals surface area contributed by atoms with Gasteiger partial charge < -0.3 is 10.1 Å². The van der Waals surface area contributed by atoms with E-state index in [1.807, 2.05) is 30.3 Å². The van der Waals surface area contributed by atoms with E-state index in [1.54, 1.807) is 43.0 Å². The molecule has 0 spiro atoms. The fourth-order valence-electron chi connectivity index (χ4n) is 1.94. The molecular formula is C18H19NO3S. The summed E-state index contributed by atoms with van der Waals surface area (Å²) in [6, 6.07) is 16.7. The first kappa shape index (κ1) is 17.1. The van der Waals surface area contributed by atoms with Crippen molar-refractivity contribution in [3.05, 3.63) is 60.2 Å². The first-order valence-electron chi connectivity index (χ1n) is 7.44. The van der Waals surface area contributed by atoms with Crippen LogP contribution in [0.15, 0.2) is 59.5 Å². The van der Waals surface area contributed by atoms with E-state index in [1.165, 1.54) is 0 Å². The van der Waals surface area contributed by atoms with Crippen LogP contribution in [-0.4, -0.2) is 24.2 Å². The van der Waals surface area contributed by atoms with Gasteiger partial charge in [-0.15, -0.1) is 11.8 Å². The Hall–Kier alpha value is -2.27. The lowest BCUT2D eigenvalue weighted by atomic mass is 10.2. The van der Waals surface area contributed by atoms with Crippen molar-refractivity contribution in [2.24, 2.45) is 0 Å². The molecule has 0 radical (unpaired) electrons. The average Bonchev–Trinajstić information content (AvgIpc) is 2.56. The van der Waals surface area contributed by atoms with Crippen LogP contribution in [0.25, 0.3) is 0 Å². The van der Waals surface area contributed by atoms with Crippen molar-refractivity contribution < 1.29 is 14.3 Å². The summed E-state index contributed by atoms with van der Waals surface area (Å²) in [5.41, 5.74) is 1.04. The largest absolute Gasteiger partial charge is 0.462 e. The molecule has 2 aromatic carbocycles. The van der Waals surface area contributed by atoms with E-state index < -0.39 is 0 Å². The Morgan fingerprint density at radius 3 is 2.61 bits per heavy atom. The van der Waals surface area contributed by atoms with Crippen LogP contribution in [0, 0.1) is 0 Å². The number of amides is 1. The third-order valence-electron chi connectivity index (χ3n) is 3.00. The van der Waals surface area contributed by atoms with Crippen molar-refractivity contribution in [2.75, 3.05) is 17.7 Å². The summed E-state index contributed by atoms with van der Waals surface area (Å²) in [6.45, 7) is 2.08. The molecule has 1 N–H and O–H groups in total. The summed E-state index contributed by atoms with van der Waals surface area (Å²) in [6.07, 6.45) is 0.406. The summed E-state index contributed by atoms with van der Waals surface area (Å²) in [4.78, 5) is 24.8. The van der Waals surface area contributed by atoms with E-state index in [0.717, 1.165) is 4.90 Å². The monoisotopic (exact) mass is 329 g/mol. The first-order chi connectivity index (χ1) is 11.2. The lowest BCUT2D eigenvalue weighted by molar-refractivity contribution is -0.115. The number of carbonyl (C=O) groups is 2. The van der Waals surface area contributed by atoms with Crippen molar-refractivity contribution in [3.8, 4) is 0 Å². The van der Waals surface area contributed by atoms with Crippen LogP contribution in [0.4, 0.5) is 5.69 Å². The van der Waals surface area contributed by atoms with Crippen LogP contribution in [0.5, 0.6) is 0 Å². The number of esters is 1. The minimum absolute atomic E-state index is 0.0746. The van der Waals surface area contributed by atoms with Crippen LogP contribution >= 0.6 is 11.8 Å². The van der Waals surface area contributed by atoms with Crippen LogP contribution in [0.1, 0.15) is 23.7 Å². The number of ether oxygens (including phenoxy) is 1. The van der Waals surface area contributed by atoms with E-state index in [9.17, 15) is 9.59 Å². The van der Waals surface area contributed by atoms with E-state index in [4.69, 9.17) is 4.74 Å². The molecule has 23 heavy (non-hydrogen) atoms. The van der Waals surface area contributed by atoms with Crippen molar-refractivity contribution in [1.29, 1.82) is 0 Å². The van der Waals surface area contributed by atoms with Crippen LogP contribution < -0.4 is 5.32 Å². The van der Waals surface area contributed by atoms with E-state index in [0.29, 0.717) is 30.0 Å². The first-order valence-corrected chi connectivity index (χ1v) is 8.42. The van der Waals surface area contributed by atoms with Gasteiger partial charge in [-0.05, 0) is 37.3 Å². The molecule has 2 rings (SSSR count). The number of hydrogen-bond acceptors (Lipinski definition) is 4. The number of rotatable bonds is 7. The molecule has 120 valence electrons. The molecule has 0 aromatic heterocycles. The van der Waals surface area contributed by atoms with Gasteiger partial charge in [-0.25, -0.2) is 4.79 Å². The average molecular weight is 329 g/mol. The predicted octanol–water partition coefficient (Wildman–Crippen LogP) is 3.98. The zero-order valence-corrected chi connectivity index (χ0v) is 13.8. The number of hydrogen-bond donors (Lipinski definition) is 1. The second-order valence-electron chi connectivity index (χ2n) is 4.76. The van der Waals surface area contributed by atoms with Gasteiger partial charge in [0.15, 0.2) is 0 Å². The van der Waals surface area contributed by atoms with Gasteiger partial charge >= 0.3 is 5.97 Å². The van der Waals surface area contributed by atoms with Crippen molar-refractivity contribution >= 4 is 29.3 Å². The molecule has 1 amide bonds. The molecule has 0 aliphatic carbocycles. The Kier molecular flexibility index (Phi) is 6.69. The summed E-state index contributed by atoms with van der Waals surface area (Å²) in [5.74, 6) is 0.241. The standard InChI is InChI=1S/C18H19NO3S/c1-2-22-18(21)14-7-6-8-15(13-14)19-17(20)11-12-23-16-9-4-3-5-10-16/h3-10,13H,2,11-12H2,1H3,(H,19,20). The van der Waals surface area contributed by atoms with E-state index >= 15 is 0 Å². The van der Waals surface area contributed by atoms with Crippen molar-refractivity contribution in [3.63, 3.8) is 0 Å². The number of nitrogens with one attached hydrogen (secondary N) is 1. The molecule has 0 unspecified atom stereocenters. The Labute approximate surface area is 140 Å². The molecule has 0 bridgehead atoms. The van der Waals surface area contributed by atoms with Gasteiger partial charge in [-0.2, -0.15) is 0 Å². The highest BCUT2D eigenvalue weighted by Crippen LogP contribution is 2.18. The molecule has 4 nitrogen and oxygen atoms in total. The Morgan fingerprint density at radius 2 is 1.87 bits per heavy atom. The Bertz CT molecular complexity index is 658. The maximum Gasteiger partial charge on any atom is 0.338 e. The lowest BCUT2D eigenvalue weighted by Gasteiger charge is -2.07. The summed E-state index contributed by atoms with van der Waals surface area (Å²) in [7, 11) is 0. The molecule has 0 aliphatic heterocycles. The minimum Gasteiger partial charge on any atom is -0.462 e. The van der Waals surface area contributed by atoms with Gasteiger partial charge in [-0.1, -0.05) is 24.3 Å². The second-order valence-corrected chi connectivity index (χ2v) is 5.93. The fraction of sp³-hybridized carbons (Fsp3) is 0.222. The number of anilines is 1. The normalized spacial score (nSPS) is 10.1. The van der Waals surface area contributed by atoms with Gasteiger partial charge in [0.25, 0.3) is 0 Å². The number of carbonyl (C=O) groups excluding carboxylic acids is 2. The minimum atomic E-state index is -0.386. The van der Waals surface area contributed by atoms with Gasteiger partial charge in [0, 0.05) is 22.8 Å². The topological polar surface area (TPSA) is 55.4 Å². The molecule has 0 aliphatic rings. The zero-order chi connectivity index (χ0) is 16.5. The third kappa shape index (κ3) is 5.79. The molecule has 0 fully saturated rings. The number of benzene rings is 2. The predicted molar refractivity (Wildman–Crippen MR) is 92.8 cm³/mol. The molecule has 0 saturated carbocycles. The molecule has 0 saturated heterocycles. The molecular weight excluding hydrogens is 310 g/mol. The molecule has 2 aromatic rings. The Morgan fingerprint density at radius 1 is 1.09 bits per heavy atom. The van der Waals surface area contributed by atoms with Gasteiger partial charge in [-0.3, -0.25) is 4.79 Å².